The lowest BCUT2D eigenvalue weighted by molar-refractivity contribution is 0.200. The van der Waals surface area contributed by atoms with E-state index >= 15 is 0 Å². The average Bonchev–Trinajstić information content (AvgIpc) is 2.37. The van der Waals surface area contributed by atoms with Crippen LogP contribution in [0.25, 0.3) is 0 Å². The van der Waals surface area contributed by atoms with Crippen LogP contribution in [0.4, 0.5) is 5.69 Å². The van der Waals surface area contributed by atoms with Gasteiger partial charge in [0.15, 0.2) is 0 Å². The zero-order valence-electron chi connectivity index (χ0n) is 13.4. The van der Waals surface area contributed by atoms with Gasteiger partial charge >= 0.3 is 0 Å². The molecule has 2 N–H and O–H groups in total. The molecule has 3 heteroatoms. The number of aryl methyl sites for hydroxylation is 3. The lowest BCUT2D eigenvalue weighted by Gasteiger charge is -2.22. The van der Waals surface area contributed by atoms with E-state index in [1.807, 2.05) is 38.1 Å². The van der Waals surface area contributed by atoms with Crippen LogP contribution >= 0.6 is 0 Å². The second-order valence-electron chi connectivity index (χ2n) is 5.71. The number of aliphatic hydroxyl groups is 1. The van der Waals surface area contributed by atoms with Crippen molar-refractivity contribution in [1.29, 1.82) is 0 Å². The molecule has 0 aliphatic rings. The highest BCUT2D eigenvalue weighted by Crippen LogP contribution is 2.29. The number of pyridine rings is 1. The maximum absolute atomic E-state index is 9.88. The second-order valence-corrected chi connectivity index (χ2v) is 5.71. The van der Waals surface area contributed by atoms with Crippen LogP contribution in [0.1, 0.15) is 54.1 Å². The molecule has 2 unspecified atom stereocenters. The summed E-state index contributed by atoms with van der Waals surface area (Å²) in [6.45, 7) is 10.1. The van der Waals surface area contributed by atoms with Gasteiger partial charge in [0.2, 0.25) is 0 Å². The SMILES string of the molecule is Cc1cc(C)c(C(C)Nc2ccccc2C(C)O)c(C)n1. The van der Waals surface area contributed by atoms with Crippen LogP contribution < -0.4 is 5.32 Å². The van der Waals surface area contributed by atoms with E-state index in [1.54, 1.807) is 6.92 Å². The Kier molecular flexibility index (Phi) is 4.63. The highest BCUT2D eigenvalue weighted by molar-refractivity contribution is 5.54. The van der Waals surface area contributed by atoms with E-state index in [9.17, 15) is 5.11 Å². The lowest BCUT2D eigenvalue weighted by atomic mass is 9.99. The van der Waals surface area contributed by atoms with E-state index in [4.69, 9.17) is 0 Å². The fourth-order valence-electron chi connectivity index (χ4n) is 2.99. The highest BCUT2D eigenvalue weighted by atomic mass is 16.3. The molecular formula is C18H24N2O. The molecule has 3 nitrogen and oxygen atoms in total. The van der Waals surface area contributed by atoms with Crippen molar-refractivity contribution in [3.05, 3.63) is 58.4 Å². The quantitative estimate of drug-likeness (QED) is 0.883. The van der Waals surface area contributed by atoms with Crippen LogP contribution in [-0.2, 0) is 0 Å². The largest absolute Gasteiger partial charge is 0.389 e. The predicted molar refractivity (Wildman–Crippen MR) is 87.6 cm³/mol. The summed E-state index contributed by atoms with van der Waals surface area (Å²) in [6, 6.07) is 10.1. The molecule has 0 bridgehead atoms. The number of hydrogen-bond acceptors (Lipinski definition) is 3. The Labute approximate surface area is 127 Å². The number of aliphatic hydroxyl groups excluding tert-OH is 1. The molecule has 1 aromatic carbocycles. The van der Waals surface area contributed by atoms with Gasteiger partial charge in [-0.3, -0.25) is 4.98 Å². The summed E-state index contributed by atoms with van der Waals surface area (Å²) >= 11 is 0. The van der Waals surface area contributed by atoms with Gasteiger partial charge in [-0.2, -0.15) is 0 Å². The molecule has 0 saturated carbocycles. The minimum atomic E-state index is -0.487. The Balaban J connectivity index is 2.33. The van der Waals surface area contributed by atoms with Gasteiger partial charge in [0, 0.05) is 22.6 Å². The number of rotatable bonds is 4. The molecule has 0 amide bonds. The molecule has 1 aromatic heterocycles. The number of benzene rings is 1. The van der Waals surface area contributed by atoms with E-state index < -0.39 is 6.10 Å². The normalized spacial score (nSPS) is 13.8. The summed E-state index contributed by atoms with van der Waals surface area (Å²) in [5.74, 6) is 0. The molecule has 0 radical (unpaired) electrons. The molecule has 1 heterocycles. The van der Waals surface area contributed by atoms with Crippen molar-refractivity contribution in [3.63, 3.8) is 0 Å². The van der Waals surface area contributed by atoms with Crippen molar-refractivity contribution in [2.24, 2.45) is 0 Å². The third kappa shape index (κ3) is 3.42. The lowest BCUT2D eigenvalue weighted by Crippen LogP contribution is -2.13. The van der Waals surface area contributed by atoms with E-state index in [-0.39, 0.29) is 6.04 Å². The first-order valence-electron chi connectivity index (χ1n) is 7.38. The van der Waals surface area contributed by atoms with E-state index in [2.05, 4.69) is 30.2 Å². The summed E-state index contributed by atoms with van der Waals surface area (Å²) in [4.78, 5) is 4.57. The standard InChI is InChI=1S/C18H24N2O/c1-11-10-12(2)19-13(3)18(11)14(4)20-17-9-7-6-8-16(17)15(5)21/h6-10,14-15,20-21H,1-5H3. The Morgan fingerprint density at radius 1 is 1.10 bits per heavy atom. The summed E-state index contributed by atoms with van der Waals surface area (Å²) in [5, 5.41) is 13.4. The van der Waals surface area contributed by atoms with Gasteiger partial charge in [-0.05, 0) is 57.9 Å². The fourth-order valence-corrected chi connectivity index (χ4v) is 2.99. The zero-order chi connectivity index (χ0) is 15.6. The maximum atomic E-state index is 9.88. The van der Waals surface area contributed by atoms with Crippen LogP contribution in [0, 0.1) is 20.8 Å². The number of nitrogens with zero attached hydrogens (tertiary/aromatic N) is 1. The van der Waals surface area contributed by atoms with Crippen LogP contribution in [0.15, 0.2) is 30.3 Å². The third-order valence-electron chi connectivity index (χ3n) is 3.80. The predicted octanol–water partition coefficient (Wildman–Crippen LogP) is 4.23. The van der Waals surface area contributed by atoms with Crippen molar-refractivity contribution in [3.8, 4) is 0 Å². The Bertz CT molecular complexity index is 612. The van der Waals surface area contributed by atoms with Crippen molar-refractivity contribution < 1.29 is 5.11 Å². The van der Waals surface area contributed by atoms with Crippen LogP contribution in [-0.4, -0.2) is 10.1 Å². The van der Waals surface area contributed by atoms with Gasteiger partial charge in [-0.1, -0.05) is 18.2 Å². The first-order valence-corrected chi connectivity index (χ1v) is 7.38. The molecule has 0 aliphatic heterocycles. The Hall–Kier alpha value is -1.87. The third-order valence-corrected chi connectivity index (χ3v) is 3.80. The van der Waals surface area contributed by atoms with Gasteiger partial charge in [-0.15, -0.1) is 0 Å². The molecule has 0 spiro atoms. The topological polar surface area (TPSA) is 45.1 Å². The zero-order valence-corrected chi connectivity index (χ0v) is 13.4. The second kappa shape index (κ2) is 6.27. The number of nitrogens with one attached hydrogen (secondary N) is 1. The molecule has 112 valence electrons. The van der Waals surface area contributed by atoms with Crippen molar-refractivity contribution in [1.82, 2.24) is 4.98 Å². The van der Waals surface area contributed by atoms with Gasteiger partial charge < -0.3 is 10.4 Å². The molecular weight excluding hydrogens is 260 g/mol. The molecule has 0 saturated heterocycles. The van der Waals surface area contributed by atoms with Crippen LogP contribution in [0.2, 0.25) is 0 Å². The molecule has 0 aliphatic carbocycles. The molecule has 0 fully saturated rings. The van der Waals surface area contributed by atoms with Crippen molar-refractivity contribution in [2.75, 3.05) is 5.32 Å². The van der Waals surface area contributed by atoms with Gasteiger partial charge in [0.05, 0.1) is 12.1 Å². The first kappa shape index (κ1) is 15.5. The van der Waals surface area contributed by atoms with Gasteiger partial charge in [0.25, 0.3) is 0 Å². The minimum absolute atomic E-state index is 0.137. The number of aromatic nitrogens is 1. The van der Waals surface area contributed by atoms with E-state index in [1.165, 1.54) is 11.1 Å². The summed E-state index contributed by atoms with van der Waals surface area (Å²) in [7, 11) is 0. The average molecular weight is 284 g/mol. The smallest absolute Gasteiger partial charge is 0.0781 e. The van der Waals surface area contributed by atoms with Gasteiger partial charge in [-0.25, -0.2) is 0 Å². The van der Waals surface area contributed by atoms with E-state index in [0.29, 0.717) is 0 Å². The number of anilines is 1. The minimum Gasteiger partial charge on any atom is -0.389 e. The van der Waals surface area contributed by atoms with Crippen molar-refractivity contribution >= 4 is 5.69 Å². The Morgan fingerprint density at radius 3 is 2.38 bits per heavy atom. The van der Waals surface area contributed by atoms with Crippen molar-refractivity contribution in [2.45, 2.75) is 46.8 Å². The van der Waals surface area contributed by atoms with Crippen LogP contribution in [0.5, 0.6) is 0 Å². The summed E-state index contributed by atoms with van der Waals surface area (Å²) < 4.78 is 0. The van der Waals surface area contributed by atoms with E-state index in [0.717, 1.165) is 22.6 Å². The number of para-hydroxylation sites is 1. The Morgan fingerprint density at radius 2 is 1.76 bits per heavy atom. The highest BCUT2D eigenvalue weighted by Gasteiger charge is 2.15. The molecule has 2 rings (SSSR count). The number of hydrogen-bond donors (Lipinski definition) is 2. The first-order chi connectivity index (χ1) is 9.90. The van der Waals surface area contributed by atoms with Crippen LogP contribution in [0.3, 0.4) is 0 Å². The van der Waals surface area contributed by atoms with Gasteiger partial charge in [0.1, 0.15) is 0 Å². The summed E-state index contributed by atoms with van der Waals surface area (Å²) in [6.07, 6.45) is -0.487. The fraction of sp³-hybridized carbons (Fsp3) is 0.389. The monoisotopic (exact) mass is 284 g/mol. The molecule has 21 heavy (non-hydrogen) atoms. The summed E-state index contributed by atoms with van der Waals surface area (Å²) in [5.41, 5.74) is 6.46. The molecule has 2 atom stereocenters. The maximum Gasteiger partial charge on any atom is 0.0781 e. The molecule has 2 aromatic rings.